The quantitative estimate of drug-likeness (QED) is 0.217. The van der Waals surface area contributed by atoms with E-state index in [0.717, 1.165) is 9.80 Å². The number of carbonyl (C=O) groups is 5. The normalized spacial score (nSPS) is 29.3. The molecule has 188 valence electrons. The van der Waals surface area contributed by atoms with E-state index in [-0.39, 0.29) is 18.7 Å². The molecule has 0 aromatic carbocycles. The Kier molecular flexibility index (Phi) is 7.88. The number of alkyl halides is 1. The van der Waals surface area contributed by atoms with Crippen LogP contribution in [-0.4, -0.2) is 86.1 Å². The fourth-order valence-electron chi connectivity index (χ4n) is 5.17. The number of hydrogen-bond donors (Lipinski definition) is 0. The highest BCUT2D eigenvalue weighted by Gasteiger charge is 2.60. The topological polar surface area (TPSA) is 110 Å². The van der Waals surface area contributed by atoms with E-state index in [1.807, 2.05) is 19.6 Å². The SMILES string of the molecule is C=CC([C@@H]1[C@@H]([C@@H](CF)O[Si](C)(C)C)C(=O)N1C(=O)C(=O)N1CCC1=O)[C@H]1CCC[C@H](OC)C1=O. The Balaban J connectivity index is 1.96. The van der Waals surface area contributed by atoms with E-state index in [1.165, 1.54) is 13.2 Å². The summed E-state index contributed by atoms with van der Waals surface area (Å²) in [5.41, 5.74) is 0. The van der Waals surface area contributed by atoms with Crippen molar-refractivity contribution in [2.45, 2.75) is 63.6 Å². The lowest BCUT2D eigenvalue weighted by molar-refractivity contribution is -0.183. The molecule has 0 spiro atoms. The molecule has 11 heteroatoms. The average molecular weight is 497 g/mol. The van der Waals surface area contributed by atoms with Crippen LogP contribution in [0.25, 0.3) is 0 Å². The number of Topliss-reactive ketones (excluding diaryl/α,β-unsaturated/α-hetero) is 1. The molecule has 3 fully saturated rings. The third-order valence-corrected chi connectivity index (χ3v) is 7.83. The predicted octanol–water partition coefficient (Wildman–Crippen LogP) is 1.47. The molecular formula is C23H33FN2O7Si. The van der Waals surface area contributed by atoms with E-state index >= 15 is 0 Å². The van der Waals surface area contributed by atoms with Gasteiger partial charge in [-0.1, -0.05) is 6.08 Å². The van der Waals surface area contributed by atoms with Crippen LogP contribution in [0, 0.1) is 17.8 Å². The molecule has 1 aliphatic carbocycles. The second-order valence-electron chi connectivity index (χ2n) is 10.0. The summed E-state index contributed by atoms with van der Waals surface area (Å²) in [5, 5.41) is 0. The first kappa shape index (κ1) is 26.4. The van der Waals surface area contributed by atoms with Crippen molar-refractivity contribution in [1.82, 2.24) is 9.80 Å². The Morgan fingerprint density at radius 1 is 1.21 bits per heavy atom. The maximum absolute atomic E-state index is 14.1. The molecule has 3 rings (SSSR count). The Hall–Kier alpha value is -2.24. The minimum absolute atomic E-state index is 0.104. The molecule has 3 aliphatic rings. The Labute approximate surface area is 199 Å². The third kappa shape index (κ3) is 4.78. The van der Waals surface area contributed by atoms with Crippen LogP contribution in [0.4, 0.5) is 4.39 Å². The van der Waals surface area contributed by atoms with Gasteiger partial charge >= 0.3 is 11.8 Å². The summed E-state index contributed by atoms with van der Waals surface area (Å²) in [5.74, 6) is -6.02. The van der Waals surface area contributed by atoms with E-state index < -0.39 is 74.6 Å². The maximum Gasteiger partial charge on any atom is 0.319 e. The first-order valence-electron chi connectivity index (χ1n) is 11.6. The number of hydrogen-bond acceptors (Lipinski definition) is 7. The second kappa shape index (κ2) is 10.2. The Morgan fingerprint density at radius 2 is 1.88 bits per heavy atom. The predicted molar refractivity (Wildman–Crippen MR) is 121 cm³/mol. The standard InChI is InChI=1S/C23H33FN2O7Si/c1-6-13(14-8-7-9-15(32-2)20(14)28)19-18(16(12-24)33-34(3,4)5)21(29)26(19)23(31)22(30)25-11-10-17(25)27/h6,13-16,18-19H,1,7-12H2,2-5H3/t13?,14-,15+,16-,18-,19-/m1/s1. The molecule has 2 saturated heterocycles. The smallest absolute Gasteiger partial charge is 0.319 e. The highest BCUT2D eigenvalue weighted by atomic mass is 28.4. The van der Waals surface area contributed by atoms with Gasteiger partial charge in [-0.25, -0.2) is 4.39 Å². The van der Waals surface area contributed by atoms with E-state index in [9.17, 15) is 28.4 Å². The van der Waals surface area contributed by atoms with Crippen molar-refractivity contribution in [3.63, 3.8) is 0 Å². The number of β-lactam (4-membered cyclic amide) rings is 2. The Morgan fingerprint density at radius 3 is 2.35 bits per heavy atom. The van der Waals surface area contributed by atoms with Crippen LogP contribution in [0.15, 0.2) is 12.7 Å². The van der Waals surface area contributed by atoms with Gasteiger partial charge in [-0.3, -0.25) is 33.8 Å². The molecule has 9 nitrogen and oxygen atoms in total. The minimum atomic E-state index is -2.28. The summed E-state index contributed by atoms with van der Waals surface area (Å²) in [7, 11) is -0.836. The van der Waals surface area contributed by atoms with Crippen LogP contribution in [-0.2, 0) is 33.1 Å². The van der Waals surface area contributed by atoms with E-state index in [0.29, 0.717) is 19.3 Å². The molecule has 1 unspecified atom stereocenters. The summed E-state index contributed by atoms with van der Waals surface area (Å²) >= 11 is 0. The van der Waals surface area contributed by atoms with Gasteiger partial charge in [0.2, 0.25) is 11.8 Å². The molecule has 2 aliphatic heterocycles. The summed E-state index contributed by atoms with van der Waals surface area (Å²) < 4.78 is 25.4. The monoisotopic (exact) mass is 496 g/mol. The van der Waals surface area contributed by atoms with Crippen molar-refractivity contribution < 1.29 is 37.5 Å². The number of carbonyl (C=O) groups excluding carboxylic acids is 5. The van der Waals surface area contributed by atoms with E-state index in [2.05, 4.69) is 6.58 Å². The van der Waals surface area contributed by atoms with Gasteiger partial charge < -0.3 is 9.16 Å². The van der Waals surface area contributed by atoms with Crippen molar-refractivity contribution in [3.05, 3.63) is 12.7 Å². The van der Waals surface area contributed by atoms with Gasteiger partial charge in [0.1, 0.15) is 12.8 Å². The first-order chi connectivity index (χ1) is 16.0. The van der Waals surface area contributed by atoms with Crippen LogP contribution in [0.3, 0.4) is 0 Å². The number of halogens is 1. The highest BCUT2D eigenvalue weighted by molar-refractivity contribution is 6.69. The molecular weight excluding hydrogens is 463 g/mol. The zero-order chi connectivity index (χ0) is 25.4. The van der Waals surface area contributed by atoms with Crippen molar-refractivity contribution in [2.24, 2.45) is 17.8 Å². The van der Waals surface area contributed by atoms with Crippen LogP contribution in [0.1, 0.15) is 25.7 Å². The number of ether oxygens (including phenoxy) is 1. The minimum Gasteiger partial charge on any atom is -0.411 e. The number of methoxy groups -OCH3 is 1. The van der Waals surface area contributed by atoms with Crippen molar-refractivity contribution in [2.75, 3.05) is 20.3 Å². The molecule has 0 aromatic heterocycles. The number of imide groups is 2. The van der Waals surface area contributed by atoms with Gasteiger partial charge in [-0.2, -0.15) is 0 Å². The van der Waals surface area contributed by atoms with Gasteiger partial charge in [-0.05, 0) is 38.9 Å². The van der Waals surface area contributed by atoms with Crippen molar-refractivity contribution in [1.29, 1.82) is 0 Å². The summed E-state index contributed by atoms with van der Waals surface area (Å²) in [6, 6.07) is -0.987. The van der Waals surface area contributed by atoms with E-state index in [4.69, 9.17) is 9.16 Å². The second-order valence-corrected chi connectivity index (χ2v) is 14.5. The fourth-order valence-corrected chi connectivity index (χ4v) is 6.28. The fraction of sp³-hybridized carbons (Fsp3) is 0.696. The summed E-state index contributed by atoms with van der Waals surface area (Å²) in [4.78, 5) is 65.3. The molecule has 0 radical (unpaired) electrons. The Bertz CT molecular complexity index is 889. The van der Waals surface area contributed by atoms with Crippen molar-refractivity contribution >= 4 is 37.7 Å². The molecule has 1 saturated carbocycles. The van der Waals surface area contributed by atoms with Crippen LogP contribution < -0.4 is 0 Å². The number of rotatable bonds is 8. The van der Waals surface area contributed by atoms with Crippen molar-refractivity contribution in [3.8, 4) is 0 Å². The van der Waals surface area contributed by atoms with Gasteiger partial charge in [-0.15, -0.1) is 6.58 Å². The number of likely N-dealkylation sites (tertiary alicyclic amines) is 2. The molecule has 0 bridgehead atoms. The lowest BCUT2D eigenvalue weighted by atomic mass is 9.67. The lowest BCUT2D eigenvalue weighted by Crippen LogP contribution is -2.73. The molecule has 34 heavy (non-hydrogen) atoms. The van der Waals surface area contributed by atoms with Gasteiger partial charge in [0, 0.05) is 31.9 Å². The van der Waals surface area contributed by atoms with Gasteiger partial charge in [0.15, 0.2) is 14.1 Å². The zero-order valence-electron chi connectivity index (χ0n) is 20.1. The molecule has 6 atom stereocenters. The summed E-state index contributed by atoms with van der Waals surface area (Å²) in [6.45, 7) is 8.55. The van der Waals surface area contributed by atoms with Crippen LogP contribution in [0.5, 0.6) is 0 Å². The number of amides is 4. The van der Waals surface area contributed by atoms with Crippen LogP contribution >= 0.6 is 0 Å². The van der Waals surface area contributed by atoms with Crippen LogP contribution in [0.2, 0.25) is 19.6 Å². The lowest BCUT2D eigenvalue weighted by Gasteiger charge is -2.53. The zero-order valence-corrected chi connectivity index (χ0v) is 21.1. The molecule has 0 N–H and O–H groups in total. The van der Waals surface area contributed by atoms with Gasteiger partial charge in [0.05, 0.1) is 18.1 Å². The number of ketones is 1. The largest absolute Gasteiger partial charge is 0.411 e. The third-order valence-electron chi connectivity index (χ3n) is 6.82. The molecule has 2 heterocycles. The maximum atomic E-state index is 14.1. The average Bonchev–Trinajstić information content (AvgIpc) is 2.77. The molecule has 4 amide bonds. The van der Waals surface area contributed by atoms with Gasteiger partial charge in [0.25, 0.3) is 0 Å². The molecule has 0 aromatic rings. The van der Waals surface area contributed by atoms with E-state index in [1.54, 1.807) is 0 Å². The summed E-state index contributed by atoms with van der Waals surface area (Å²) in [6.07, 6.45) is 1.65. The number of nitrogens with zero attached hydrogens (tertiary/aromatic N) is 2. The highest BCUT2D eigenvalue weighted by Crippen LogP contribution is 2.43. The first-order valence-corrected chi connectivity index (χ1v) is 15.0.